The lowest BCUT2D eigenvalue weighted by Crippen LogP contribution is -2.70. The summed E-state index contributed by atoms with van der Waals surface area (Å²) in [5, 5.41) is 253. The number of hydrogen-bond donors (Lipinski definition) is 24. The van der Waals surface area contributed by atoms with Crippen LogP contribution in [0.15, 0.2) is 11.6 Å². The summed E-state index contributed by atoms with van der Waals surface area (Å²) in [6.07, 6.45) is -59.0. The number of amides is 2. The molecule has 51 atom stereocenters. The number of methoxy groups -OCH3 is 2. The van der Waals surface area contributed by atoms with Crippen molar-refractivity contribution in [3.63, 3.8) is 0 Å². The molecule has 8 aliphatic heterocycles. The van der Waals surface area contributed by atoms with Gasteiger partial charge in [-0.1, -0.05) is 93.7 Å². The molecular weight excluding hydrogens is 1890 g/mol. The molecule has 816 valence electrons. The first-order valence-electron chi connectivity index (χ1n) is 49.9. The monoisotopic (exact) mass is 2040 g/mol. The number of aliphatic hydroxyl groups is 21. The van der Waals surface area contributed by atoms with Gasteiger partial charge in [0.1, 0.15) is 164 Å². The van der Waals surface area contributed by atoms with Crippen LogP contribution in [-0.2, 0) is 109 Å². The molecule has 5 aliphatic carbocycles. The van der Waals surface area contributed by atoms with E-state index in [0.29, 0.717) is 51.4 Å². The van der Waals surface area contributed by atoms with Crippen LogP contribution in [0.1, 0.15) is 172 Å². The van der Waals surface area contributed by atoms with E-state index in [1.54, 1.807) is 13.8 Å². The van der Waals surface area contributed by atoms with Gasteiger partial charge in [-0.3, -0.25) is 14.4 Å². The van der Waals surface area contributed by atoms with E-state index >= 15 is 4.79 Å². The van der Waals surface area contributed by atoms with Crippen molar-refractivity contribution in [3.05, 3.63) is 11.6 Å². The highest BCUT2D eigenvalue weighted by atomic mass is 16.8. The number of hydrogen-bond acceptors (Lipinski definition) is 44. The number of ether oxygens (including phenoxy) is 18. The van der Waals surface area contributed by atoms with E-state index in [4.69, 9.17) is 85.3 Å². The van der Waals surface area contributed by atoms with E-state index in [0.717, 1.165) is 11.9 Å². The Kier molecular flexibility index (Phi) is 37.6. The number of allylic oxidation sites excluding steroid dienone is 2. The van der Waals surface area contributed by atoms with Crippen molar-refractivity contribution in [2.75, 3.05) is 67.1 Å². The predicted molar refractivity (Wildman–Crippen MR) is 478 cm³/mol. The van der Waals surface area contributed by atoms with Crippen molar-refractivity contribution < 1.29 is 222 Å². The zero-order valence-corrected chi connectivity index (χ0v) is 82.6. The van der Waals surface area contributed by atoms with Gasteiger partial charge in [0.15, 0.2) is 43.8 Å². The lowest BCUT2D eigenvalue weighted by Gasteiger charge is -2.71. The zero-order chi connectivity index (χ0) is 104. The second-order valence-electron chi connectivity index (χ2n) is 43.7. The van der Waals surface area contributed by atoms with Gasteiger partial charge in [0.25, 0.3) is 0 Å². The lowest BCUT2D eigenvalue weighted by atomic mass is 9.33. The Morgan fingerprint density at radius 2 is 1.15 bits per heavy atom. The molecule has 19 unspecified atom stereocenters. The Hall–Kier alpha value is -4.23. The third-order valence-electron chi connectivity index (χ3n) is 34.3. The number of aliphatic hydroxyl groups excluding tert-OH is 20. The van der Waals surface area contributed by atoms with E-state index in [-0.39, 0.29) is 56.5 Å². The molecule has 0 spiro atoms. The highest BCUT2D eigenvalue weighted by molar-refractivity contribution is 5.80. The highest BCUT2D eigenvalue weighted by Gasteiger charge is 2.74. The van der Waals surface area contributed by atoms with Crippen molar-refractivity contribution in [2.24, 2.45) is 62.1 Å². The molecule has 8 saturated heterocycles. The number of esters is 1. The topological polar surface area (TPSA) is 721 Å². The first-order valence-corrected chi connectivity index (χ1v) is 49.9. The molecule has 8 heterocycles. The molecule has 142 heavy (non-hydrogen) atoms. The summed E-state index contributed by atoms with van der Waals surface area (Å²) in [6.45, 7) is 15.5. The summed E-state index contributed by atoms with van der Waals surface area (Å²) in [5.41, 5.74) is -7.56. The average molecular weight is 2050 g/mol. The van der Waals surface area contributed by atoms with Crippen molar-refractivity contribution >= 4 is 30.0 Å². The van der Waals surface area contributed by atoms with Gasteiger partial charge in [0.05, 0.1) is 114 Å². The molecule has 2 amide bonds. The molecule has 24 N–H and O–H groups in total. The molecule has 47 nitrogen and oxygen atoms in total. The minimum Gasteiger partial charge on any atom is -0.479 e. The SMILES string of the molecule is CC[C@H](C)[C@H](C[C@H](O)CC(=O)N[C@H]1C(CO)O[C@@H](OC(=O)[C@]23CCC(C)(C)CC2C2=CCC4C5(C)CC[C@H](O[C@@H]6OC(C(=O)O)[C@H](O)[C@H](O[C@@H]7OC[C@H](O)[C@H](O)C7O)C6O[C@@H]6OC(COC)[C@H](O)[C@H](O)C6OC)[C@](C)(C=O)[C@@H]5CC[C@]4(C)[C@]2(C)CC3O)C(OC[C@@H]2O[C@@H](C)[C@H](O[C@@H]3OC[C@H](O)C(O[C@H]4OC[C@@](O)(CO)C4O)C3O)C(O)C2O)C1O)NC(=O)C[C@@H](O)C[C@H](O[C@@H]1O[C@H](CO)C(O)C1O)[C@@H](C)CC. The zero-order valence-electron chi connectivity index (χ0n) is 82.6. The number of aldehydes is 1. The van der Waals surface area contributed by atoms with Crippen LogP contribution in [0.3, 0.4) is 0 Å². The maximum atomic E-state index is 16.4. The molecule has 12 fully saturated rings. The summed E-state index contributed by atoms with van der Waals surface area (Å²) in [6, 6.07) is -2.50. The number of rotatable bonds is 39. The number of aliphatic carboxylic acids is 1. The fraction of sp³-hybridized carbons (Fsp3) is 0.926. The van der Waals surface area contributed by atoms with Gasteiger partial charge in [-0.2, -0.15) is 0 Å². The van der Waals surface area contributed by atoms with E-state index in [1.807, 2.05) is 34.6 Å². The van der Waals surface area contributed by atoms with Crippen LogP contribution in [0.4, 0.5) is 0 Å². The lowest BCUT2D eigenvalue weighted by molar-refractivity contribution is -0.392. The van der Waals surface area contributed by atoms with Crippen LogP contribution in [0, 0.1) is 62.1 Å². The summed E-state index contributed by atoms with van der Waals surface area (Å²) < 4.78 is 109. The standard InChI is InChI=1S/C95H156N2O45/c1-14-39(3)46(96-58(107)27-43(103)25-49(40(4)15-2)132-83-69(117)62(110)51(31-99)134-83)24-42(102)26-59(108)97-60-50(30-98)133-85(77(65(60)113)127-35-53-64(112)66(114)72(41(5)131-53)137-82-71(119)73(48(105)33-129-82)138-87-79(120)94(124,37-101)38-130-87)142-88(123)95-23-22-89(6,7)28-45(95)44-16-17-55-90(8)20-19-57(91(9,36-100)54(90)18-21-92(55,10)93(44,11)29-56(95)106)136-86-78(141-84-76(126-13)67(115)63(111)52(135-84)34-125-12)74(70(118)75(140-86)80(121)122)139-81-68(116)61(109)47(104)32-128-81/h16,36,39-43,45-57,60-79,81-87,98-99,101-106,109-120,124H,14-15,17-35,37-38H2,1-13H3,(H,96,107)(H,97,108)(H,121,122)/t39-,40-,41-,42-,43-,45?,46-,47-,48-,49-,50?,51+,52?,53-,54+,55?,56?,57-,60-,61-,62?,63-,64?,65?,66?,67-,68?,69?,70+,71?,72-,73?,74-,75?,76?,77?,78?,79?,81-,82-,83+,84-,85-,86+,87+,90?,91+,92-,93+,94-,95+/m0/s1. The molecule has 4 saturated carbocycles. The van der Waals surface area contributed by atoms with Crippen molar-refractivity contribution in [2.45, 2.75) is 423 Å². The molecular formula is C95H156N2O45. The maximum Gasteiger partial charge on any atom is 0.335 e. The van der Waals surface area contributed by atoms with Gasteiger partial charge in [0, 0.05) is 26.7 Å². The number of carbonyl (C=O) groups excluding carboxylic acids is 4. The summed E-state index contributed by atoms with van der Waals surface area (Å²) >= 11 is 0. The Balaban J connectivity index is 0.750. The summed E-state index contributed by atoms with van der Waals surface area (Å²) in [5.74, 6) is -6.52. The molecule has 13 rings (SSSR count). The van der Waals surface area contributed by atoms with Crippen molar-refractivity contribution in [1.29, 1.82) is 0 Å². The summed E-state index contributed by atoms with van der Waals surface area (Å²) in [7, 11) is 2.49. The van der Waals surface area contributed by atoms with E-state index in [9.17, 15) is 132 Å². The van der Waals surface area contributed by atoms with Crippen LogP contribution in [0.25, 0.3) is 0 Å². The Bertz CT molecular complexity index is 4190. The molecule has 0 aromatic heterocycles. The fourth-order valence-electron chi connectivity index (χ4n) is 25.1. The molecule has 0 bridgehead atoms. The number of carbonyl (C=O) groups is 5. The van der Waals surface area contributed by atoms with Gasteiger partial charge in [-0.05, 0) is 122 Å². The first kappa shape index (κ1) is 115. The quantitative estimate of drug-likeness (QED) is 0.0118. The first-order chi connectivity index (χ1) is 66.9. The number of fused-ring (bicyclic) bond motifs is 7. The Morgan fingerprint density at radius 1 is 0.556 bits per heavy atom. The highest BCUT2D eigenvalue weighted by Crippen LogP contribution is 2.76. The van der Waals surface area contributed by atoms with Crippen LogP contribution in [0.5, 0.6) is 0 Å². The van der Waals surface area contributed by atoms with Crippen LogP contribution < -0.4 is 10.6 Å². The van der Waals surface area contributed by atoms with E-state index < -0.39 is 378 Å². The summed E-state index contributed by atoms with van der Waals surface area (Å²) in [4.78, 5) is 72.6. The number of carboxylic acids is 1. The number of carboxylic acid groups (broad SMARTS) is 1. The molecule has 0 aromatic rings. The minimum atomic E-state index is -2.20. The third kappa shape index (κ3) is 22.5. The second kappa shape index (κ2) is 46.5. The predicted octanol–water partition coefficient (Wildman–Crippen LogP) is -6.22. The molecule has 0 aromatic carbocycles. The Morgan fingerprint density at radius 3 is 1.77 bits per heavy atom. The van der Waals surface area contributed by atoms with Crippen LogP contribution in [-0.4, -0.2) is 460 Å². The van der Waals surface area contributed by atoms with Gasteiger partial charge in [-0.25, -0.2) is 4.79 Å². The minimum absolute atomic E-state index is 0.0221. The van der Waals surface area contributed by atoms with Crippen LogP contribution >= 0.6 is 0 Å². The normalized spacial score (nSPS) is 47.7. The van der Waals surface area contributed by atoms with Gasteiger partial charge in [-0.15, -0.1) is 0 Å². The average Bonchev–Trinajstić information content (AvgIpc) is 0.675. The van der Waals surface area contributed by atoms with Gasteiger partial charge in [0.2, 0.25) is 18.1 Å². The van der Waals surface area contributed by atoms with Crippen molar-refractivity contribution in [1.82, 2.24) is 10.6 Å². The fourth-order valence-corrected chi connectivity index (χ4v) is 25.1. The van der Waals surface area contributed by atoms with Gasteiger partial charge >= 0.3 is 11.9 Å². The van der Waals surface area contributed by atoms with E-state index in [1.165, 1.54) is 21.1 Å². The van der Waals surface area contributed by atoms with Crippen LogP contribution in [0.2, 0.25) is 0 Å². The maximum absolute atomic E-state index is 16.4. The molecule has 47 heteroatoms. The van der Waals surface area contributed by atoms with Crippen molar-refractivity contribution in [3.8, 4) is 0 Å². The molecule has 0 radical (unpaired) electrons. The second-order valence-corrected chi connectivity index (χ2v) is 43.7. The van der Waals surface area contributed by atoms with Gasteiger partial charge < -0.3 is 213 Å². The third-order valence-corrected chi connectivity index (χ3v) is 34.3. The smallest absolute Gasteiger partial charge is 0.335 e. The number of nitrogens with one attached hydrogen (secondary N) is 2. The van der Waals surface area contributed by atoms with E-state index in [2.05, 4.69) is 37.5 Å². The Labute approximate surface area is 823 Å². The molecule has 13 aliphatic rings. The largest absolute Gasteiger partial charge is 0.479 e.